The predicted octanol–water partition coefficient (Wildman–Crippen LogP) is 1.88. The Morgan fingerprint density at radius 2 is 2.00 bits per heavy atom. The van der Waals surface area contributed by atoms with Crippen LogP contribution in [0.25, 0.3) is 6.08 Å². The number of hydrogen-bond donors (Lipinski definition) is 2. The second kappa shape index (κ2) is 3.10. The normalized spacial score (nSPS) is 10.6. The Morgan fingerprint density at radius 3 is 2.64 bits per heavy atom. The van der Waals surface area contributed by atoms with E-state index in [1.54, 1.807) is 6.07 Å². The second-order valence-electron chi connectivity index (χ2n) is 2.39. The van der Waals surface area contributed by atoms with Crippen LogP contribution in [0.3, 0.4) is 0 Å². The molecular formula is C9H12N2. The minimum atomic E-state index is 0.743. The van der Waals surface area contributed by atoms with Crippen molar-refractivity contribution in [2.75, 3.05) is 11.5 Å². The van der Waals surface area contributed by atoms with Gasteiger partial charge in [-0.25, -0.2) is 0 Å². The van der Waals surface area contributed by atoms with Crippen LogP contribution < -0.4 is 11.5 Å². The standard InChI is InChI=1S/C9H12N2/c1-2-3-7-6-8(10)4-5-9(7)11/h2-6H,10-11H2,1H3. The summed E-state index contributed by atoms with van der Waals surface area (Å²) in [5, 5.41) is 0. The summed E-state index contributed by atoms with van der Waals surface area (Å²) in [6, 6.07) is 5.46. The molecule has 4 N–H and O–H groups in total. The minimum absolute atomic E-state index is 0.743. The number of nitrogen functional groups attached to an aromatic ring is 2. The van der Waals surface area contributed by atoms with Crippen molar-refractivity contribution in [1.29, 1.82) is 0 Å². The number of benzene rings is 1. The fraction of sp³-hybridized carbons (Fsp3) is 0.111. The average molecular weight is 148 g/mol. The number of rotatable bonds is 1. The van der Waals surface area contributed by atoms with Gasteiger partial charge in [0.2, 0.25) is 0 Å². The highest BCUT2D eigenvalue weighted by molar-refractivity contribution is 5.68. The summed E-state index contributed by atoms with van der Waals surface area (Å²) in [4.78, 5) is 0. The number of hydrogen-bond acceptors (Lipinski definition) is 2. The molecule has 0 unspecified atom stereocenters. The Labute approximate surface area is 66.5 Å². The van der Waals surface area contributed by atoms with Gasteiger partial charge in [-0.1, -0.05) is 12.2 Å². The third kappa shape index (κ3) is 1.74. The second-order valence-corrected chi connectivity index (χ2v) is 2.39. The molecular weight excluding hydrogens is 136 g/mol. The highest BCUT2D eigenvalue weighted by Crippen LogP contribution is 2.16. The smallest absolute Gasteiger partial charge is 0.0389 e. The van der Waals surface area contributed by atoms with Gasteiger partial charge in [-0.3, -0.25) is 0 Å². The molecule has 0 aliphatic rings. The van der Waals surface area contributed by atoms with Crippen molar-refractivity contribution in [3.63, 3.8) is 0 Å². The Balaban J connectivity index is 3.12. The molecule has 0 spiro atoms. The van der Waals surface area contributed by atoms with Crippen LogP contribution in [0.15, 0.2) is 24.3 Å². The van der Waals surface area contributed by atoms with E-state index in [1.807, 2.05) is 31.2 Å². The van der Waals surface area contributed by atoms with E-state index in [4.69, 9.17) is 11.5 Å². The van der Waals surface area contributed by atoms with E-state index in [1.165, 1.54) is 0 Å². The van der Waals surface area contributed by atoms with Gasteiger partial charge in [-0.05, 0) is 30.7 Å². The Bertz CT molecular complexity index is 277. The molecule has 58 valence electrons. The summed E-state index contributed by atoms with van der Waals surface area (Å²) < 4.78 is 0. The topological polar surface area (TPSA) is 52.0 Å². The molecule has 0 aliphatic carbocycles. The monoisotopic (exact) mass is 148 g/mol. The Hall–Kier alpha value is -1.44. The number of anilines is 2. The van der Waals surface area contributed by atoms with E-state index in [0.717, 1.165) is 16.9 Å². The van der Waals surface area contributed by atoms with Gasteiger partial charge in [0.1, 0.15) is 0 Å². The molecule has 11 heavy (non-hydrogen) atoms. The maximum absolute atomic E-state index is 5.67. The van der Waals surface area contributed by atoms with Crippen LogP contribution >= 0.6 is 0 Å². The van der Waals surface area contributed by atoms with E-state index in [2.05, 4.69) is 0 Å². The lowest BCUT2D eigenvalue weighted by molar-refractivity contribution is 1.62. The summed E-state index contributed by atoms with van der Waals surface area (Å²) in [5.74, 6) is 0. The summed E-state index contributed by atoms with van der Waals surface area (Å²) in [6.07, 6.45) is 3.87. The molecule has 2 nitrogen and oxygen atoms in total. The van der Waals surface area contributed by atoms with Crippen molar-refractivity contribution >= 4 is 17.5 Å². The van der Waals surface area contributed by atoms with E-state index < -0.39 is 0 Å². The molecule has 0 heterocycles. The van der Waals surface area contributed by atoms with Crippen LogP contribution in [0.5, 0.6) is 0 Å². The molecule has 0 bridgehead atoms. The SMILES string of the molecule is CC=Cc1cc(N)ccc1N. The maximum atomic E-state index is 5.67. The van der Waals surface area contributed by atoms with Crippen molar-refractivity contribution in [2.45, 2.75) is 6.92 Å². The first-order valence-electron chi connectivity index (χ1n) is 3.51. The first kappa shape index (κ1) is 7.66. The molecule has 0 saturated carbocycles. The zero-order chi connectivity index (χ0) is 8.27. The van der Waals surface area contributed by atoms with Crippen LogP contribution in [-0.2, 0) is 0 Å². The van der Waals surface area contributed by atoms with Crippen LogP contribution in [-0.4, -0.2) is 0 Å². The third-order valence-electron chi connectivity index (χ3n) is 1.46. The van der Waals surface area contributed by atoms with Crippen LogP contribution in [0, 0.1) is 0 Å². The van der Waals surface area contributed by atoms with Crippen LogP contribution in [0.2, 0.25) is 0 Å². The van der Waals surface area contributed by atoms with E-state index >= 15 is 0 Å². The van der Waals surface area contributed by atoms with E-state index in [0.29, 0.717) is 0 Å². The van der Waals surface area contributed by atoms with Crippen molar-refractivity contribution < 1.29 is 0 Å². The van der Waals surface area contributed by atoms with E-state index in [-0.39, 0.29) is 0 Å². The van der Waals surface area contributed by atoms with Gasteiger partial charge < -0.3 is 11.5 Å². The van der Waals surface area contributed by atoms with Crippen molar-refractivity contribution in [3.8, 4) is 0 Å². The molecule has 0 saturated heterocycles. The zero-order valence-corrected chi connectivity index (χ0v) is 6.54. The summed E-state index contributed by atoms with van der Waals surface area (Å²) in [5.41, 5.74) is 13.7. The van der Waals surface area contributed by atoms with Gasteiger partial charge in [-0.2, -0.15) is 0 Å². The summed E-state index contributed by atoms with van der Waals surface area (Å²) >= 11 is 0. The van der Waals surface area contributed by atoms with Crippen molar-refractivity contribution in [1.82, 2.24) is 0 Å². The van der Waals surface area contributed by atoms with Gasteiger partial charge in [0.15, 0.2) is 0 Å². The first-order valence-corrected chi connectivity index (χ1v) is 3.51. The fourth-order valence-electron chi connectivity index (χ4n) is 0.917. The highest BCUT2D eigenvalue weighted by Gasteiger charge is 1.93. The van der Waals surface area contributed by atoms with Gasteiger partial charge in [0.05, 0.1) is 0 Å². The van der Waals surface area contributed by atoms with Gasteiger partial charge >= 0.3 is 0 Å². The predicted molar refractivity (Wildman–Crippen MR) is 50.0 cm³/mol. The number of nitrogens with two attached hydrogens (primary N) is 2. The molecule has 0 amide bonds. The van der Waals surface area contributed by atoms with Gasteiger partial charge in [0, 0.05) is 11.4 Å². The lowest BCUT2D eigenvalue weighted by atomic mass is 10.1. The van der Waals surface area contributed by atoms with Gasteiger partial charge in [0.25, 0.3) is 0 Å². The Morgan fingerprint density at radius 1 is 1.27 bits per heavy atom. The largest absolute Gasteiger partial charge is 0.399 e. The lowest BCUT2D eigenvalue weighted by Crippen LogP contribution is -1.91. The Kier molecular flexibility index (Phi) is 2.16. The minimum Gasteiger partial charge on any atom is -0.399 e. The maximum Gasteiger partial charge on any atom is 0.0389 e. The third-order valence-corrected chi connectivity index (χ3v) is 1.46. The van der Waals surface area contributed by atoms with E-state index in [9.17, 15) is 0 Å². The quantitative estimate of drug-likeness (QED) is 0.597. The zero-order valence-electron chi connectivity index (χ0n) is 6.54. The molecule has 0 aromatic heterocycles. The fourth-order valence-corrected chi connectivity index (χ4v) is 0.917. The van der Waals surface area contributed by atoms with Crippen LogP contribution in [0.4, 0.5) is 11.4 Å². The van der Waals surface area contributed by atoms with Crippen molar-refractivity contribution in [2.24, 2.45) is 0 Å². The molecule has 1 rings (SSSR count). The molecule has 0 fully saturated rings. The molecule has 0 radical (unpaired) electrons. The summed E-state index contributed by atoms with van der Waals surface area (Å²) in [7, 11) is 0. The van der Waals surface area contributed by atoms with Gasteiger partial charge in [-0.15, -0.1) is 0 Å². The average Bonchev–Trinajstić information content (AvgIpc) is 1.98. The molecule has 1 aromatic carbocycles. The first-order chi connectivity index (χ1) is 5.24. The highest BCUT2D eigenvalue weighted by atomic mass is 14.6. The summed E-state index contributed by atoms with van der Waals surface area (Å²) in [6.45, 7) is 1.95. The molecule has 1 aromatic rings. The van der Waals surface area contributed by atoms with Crippen molar-refractivity contribution in [3.05, 3.63) is 29.8 Å². The molecule has 0 atom stereocenters. The molecule has 2 heteroatoms. The molecule has 0 aliphatic heterocycles. The van der Waals surface area contributed by atoms with Crippen LogP contribution in [0.1, 0.15) is 12.5 Å². The number of allylic oxidation sites excluding steroid dienone is 1. The lowest BCUT2D eigenvalue weighted by Gasteiger charge is -2.00.